The van der Waals surface area contributed by atoms with Gasteiger partial charge >= 0.3 is 5.97 Å². The maximum absolute atomic E-state index is 11.7. The molecule has 1 heterocycles. The number of halogens is 1. The number of carbonyl (C=O) groups is 2. The van der Waals surface area contributed by atoms with Crippen LogP contribution >= 0.6 is 11.6 Å². The summed E-state index contributed by atoms with van der Waals surface area (Å²) in [6.45, 7) is 6.43. The predicted octanol–water partition coefficient (Wildman–Crippen LogP) is 2.34. The molecule has 1 fully saturated rings. The lowest BCUT2D eigenvalue weighted by atomic mass is 10.2. The normalized spacial score (nSPS) is 14.5. The molecule has 0 unspecified atom stereocenters. The van der Waals surface area contributed by atoms with Gasteiger partial charge in [-0.3, -0.25) is 9.48 Å². The second-order valence-electron chi connectivity index (χ2n) is 6.15. The summed E-state index contributed by atoms with van der Waals surface area (Å²) in [6, 6.07) is 0.255. The third-order valence-electron chi connectivity index (χ3n) is 3.32. The van der Waals surface area contributed by atoms with E-state index in [1.807, 2.05) is 6.92 Å². The molecular weight excluding hydrogens is 318 g/mol. The maximum Gasteiger partial charge on any atom is 0.331 e. The van der Waals surface area contributed by atoms with E-state index in [0.717, 1.165) is 18.5 Å². The van der Waals surface area contributed by atoms with Crippen LogP contribution in [0.15, 0.2) is 6.08 Å². The number of amides is 1. The summed E-state index contributed by atoms with van der Waals surface area (Å²) >= 11 is 6.28. The van der Waals surface area contributed by atoms with E-state index in [2.05, 4.69) is 24.3 Å². The second-order valence-corrected chi connectivity index (χ2v) is 6.51. The van der Waals surface area contributed by atoms with E-state index in [9.17, 15) is 9.59 Å². The average Bonchev–Trinajstić information content (AvgIpc) is 3.23. The number of nitrogens with one attached hydrogen (secondary N) is 1. The number of ether oxygens (including phenoxy) is 1. The zero-order valence-corrected chi connectivity index (χ0v) is 14.4. The molecular formula is C16H22ClN3O3. The minimum atomic E-state index is -0.581. The van der Waals surface area contributed by atoms with Gasteiger partial charge in [0, 0.05) is 24.2 Å². The molecule has 6 nitrogen and oxygen atoms in total. The summed E-state index contributed by atoms with van der Waals surface area (Å²) in [7, 11) is 0. The standard InChI is InChI=1S/C16H22ClN3O3/c1-10(2)8-20-16(17)13(11(3)19-20)6-7-15(22)23-9-14(21)18-12-4-5-12/h6-7,10,12H,4-5,8-9H2,1-3H3,(H,18,21)/b7-6+. The van der Waals surface area contributed by atoms with Crippen molar-refractivity contribution in [3.05, 3.63) is 22.5 Å². The Bertz CT molecular complexity index is 618. The Morgan fingerprint density at radius 1 is 1.48 bits per heavy atom. The molecule has 23 heavy (non-hydrogen) atoms. The fourth-order valence-corrected chi connectivity index (χ4v) is 2.36. The first kappa shape index (κ1) is 17.5. The van der Waals surface area contributed by atoms with E-state index in [-0.39, 0.29) is 18.6 Å². The van der Waals surface area contributed by atoms with Gasteiger partial charge in [-0.05, 0) is 31.8 Å². The van der Waals surface area contributed by atoms with Crippen LogP contribution in [0.5, 0.6) is 0 Å². The fourth-order valence-electron chi connectivity index (χ4n) is 2.06. The van der Waals surface area contributed by atoms with Crippen LogP contribution in [0.25, 0.3) is 6.08 Å². The number of aryl methyl sites for hydroxylation is 1. The molecule has 0 atom stereocenters. The molecule has 0 bridgehead atoms. The molecule has 1 aliphatic rings. The SMILES string of the molecule is Cc1nn(CC(C)C)c(Cl)c1/C=C/C(=O)OCC(=O)NC1CC1. The summed E-state index contributed by atoms with van der Waals surface area (Å²) < 4.78 is 6.62. The lowest BCUT2D eigenvalue weighted by Gasteiger charge is -2.05. The van der Waals surface area contributed by atoms with Crippen molar-refractivity contribution >= 4 is 29.6 Å². The van der Waals surface area contributed by atoms with E-state index in [1.54, 1.807) is 10.8 Å². The van der Waals surface area contributed by atoms with Gasteiger partial charge in [0.1, 0.15) is 5.15 Å². The molecule has 0 radical (unpaired) electrons. The molecule has 2 rings (SSSR count). The van der Waals surface area contributed by atoms with Crippen LogP contribution in [0.3, 0.4) is 0 Å². The van der Waals surface area contributed by atoms with Gasteiger partial charge in [-0.1, -0.05) is 25.4 Å². The van der Waals surface area contributed by atoms with E-state index in [0.29, 0.717) is 23.2 Å². The number of hydrogen-bond acceptors (Lipinski definition) is 4. The molecule has 1 amide bonds. The van der Waals surface area contributed by atoms with E-state index >= 15 is 0 Å². The fraction of sp³-hybridized carbons (Fsp3) is 0.562. The van der Waals surface area contributed by atoms with Crippen LogP contribution in [-0.4, -0.2) is 34.3 Å². The largest absolute Gasteiger partial charge is 0.452 e. The minimum absolute atomic E-state index is 0.255. The van der Waals surface area contributed by atoms with Gasteiger partial charge in [0.05, 0.1) is 5.69 Å². The second kappa shape index (κ2) is 7.64. The van der Waals surface area contributed by atoms with Crippen molar-refractivity contribution in [3.8, 4) is 0 Å². The smallest absolute Gasteiger partial charge is 0.331 e. The third-order valence-corrected chi connectivity index (χ3v) is 3.72. The first-order valence-corrected chi connectivity index (χ1v) is 8.11. The predicted molar refractivity (Wildman–Crippen MR) is 88.0 cm³/mol. The number of aromatic nitrogens is 2. The highest BCUT2D eigenvalue weighted by Crippen LogP contribution is 2.22. The molecule has 1 aromatic heterocycles. The molecule has 0 spiro atoms. The molecule has 1 aliphatic carbocycles. The van der Waals surface area contributed by atoms with Crippen LogP contribution in [0.2, 0.25) is 5.15 Å². The van der Waals surface area contributed by atoms with E-state index in [4.69, 9.17) is 16.3 Å². The summed E-state index contributed by atoms with van der Waals surface area (Å²) in [4.78, 5) is 23.1. The van der Waals surface area contributed by atoms with Gasteiger partial charge in [-0.25, -0.2) is 4.79 Å². The van der Waals surface area contributed by atoms with Crippen LogP contribution in [0.4, 0.5) is 0 Å². The van der Waals surface area contributed by atoms with Crippen LogP contribution < -0.4 is 5.32 Å². The first-order chi connectivity index (χ1) is 10.9. The molecule has 1 saturated carbocycles. The van der Waals surface area contributed by atoms with Gasteiger partial charge in [0.25, 0.3) is 5.91 Å². The molecule has 1 aromatic rings. The quantitative estimate of drug-likeness (QED) is 0.611. The highest BCUT2D eigenvalue weighted by atomic mass is 35.5. The Balaban J connectivity index is 1.89. The van der Waals surface area contributed by atoms with Crippen molar-refractivity contribution in [2.24, 2.45) is 5.92 Å². The van der Waals surface area contributed by atoms with E-state index < -0.39 is 5.97 Å². The monoisotopic (exact) mass is 339 g/mol. The number of rotatable bonds is 7. The Hall–Kier alpha value is -1.82. The number of esters is 1. The highest BCUT2D eigenvalue weighted by Gasteiger charge is 2.23. The molecule has 7 heteroatoms. The molecule has 0 aromatic carbocycles. The lowest BCUT2D eigenvalue weighted by Crippen LogP contribution is -2.30. The molecule has 0 aliphatic heterocycles. The van der Waals surface area contributed by atoms with Gasteiger partial charge in [0.15, 0.2) is 6.61 Å². The zero-order valence-electron chi connectivity index (χ0n) is 13.6. The molecule has 0 saturated heterocycles. The van der Waals surface area contributed by atoms with Crippen molar-refractivity contribution < 1.29 is 14.3 Å². The van der Waals surface area contributed by atoms with Gasteiger partial charge in [-0.15, -0.1) is 0 Å². The molecule has 1 N–H and O–H groups in total. The Morgan fingerprint density at radius 2 is 2.17 bits per heavy atom. The Labute approximate surface area is 140 Å². The van der Waals surface area contributed by atoms with Crippen molar-refractivity contribution in [1.29, 1.82) is 0 Å². The summed E-state index contributed by atoms with van der Waals surface area (Å²) in [5, 5.41) is 7.60. The molecule has 126 valence electrons. The minimum Gasteiger partial charge on any atom is -0.452 e. The van der Waals surface area contributed by atoms with Crippen molar-refractivity contribution in [2.75, 3.05) is 6.61 Å². The lowest BCUT2D eigenvalue weighted by molar-refractivity contribution is -0.143. The van der Waals surface area contributed by atoms with Crippen molar-refractivity contribution in [1.82, 2.24) is 15.1 Å². The summed E-state index contributed by atoms with van der Waals surface area (Å²) in [5.74, 6) is -0.435. The summed E-state index contributed by atoms with van der Waals surface area (Å²) in [5.41, 5.74) is 1.43. The Morgan fingerprint density at radius 3 is 2.78 bits per heavy atom. The van der Waals surface area contributed by atoms with Crippen LogP contribution in [0.1, 0.15) is 37.9 Å². The first-order valence-electron chi connectivity index (χ1n) is 7.74. The summed E-state index contributed by atoms with van der Waals surface area (Å²) in [6.07, 6.45) is 4.83. The number of hydrogen-bond donors (Lipinski definition) is 1. The van der Waals surface area contributed by atoms with Crippen LogP contribution in [-0.2, 0) is 20.9 Å². The number of carbonyl (C=O) groups excluding carboxylic acids is 2. The van der Waals surface area contributed by atoms with E-state index in [1.165, 1.54) is 6.08 Å². The number of nitrogens with zero attached hydrogens (tertiary/aromatic N) is 2. The maximum atomic E-state index is 11.7. The van der Waals surface area contributed by atoms with Crippen LogP contribution in [0, 0.1) is 12.8 Å². The zero-order chi connectivity index (χ0) is 17.0. The highest BCUT2D eigenvalue weighted by molar-refractivity contribution is 6.31. The van der Waals surface area contributed by atoms with Gasteiger partial charge in [0.2, 0.25) is 0 Å². The van der Waals surface area contributed by atoms with Crippen molar-refractivity contribution in [2.45, 2.75) is 46.2 Å². The Kier molecular flexibility index (Phi) is 5.82. The van der Waals surface area contributed by atoms with Crippen molar-refractivity contribution in [3.63, 3.8) is 0 Å². The van der Waals surface area contributed by atoms with Gasteiger partial charge < -0.3 is 10.1 Å². The topological polar surface area (TPSA) is 73.2 Å². The van der Waals surface area contributed by atoms with Gasteiger partial charge in [-0.2, -0.15) is 5.10 Å². The average molecular weight is 340 g/mol. The third kappa shape index (κ3) is 5.39.